The number of nitrogens with one attached hydrogen (secondary N) is 1. The summed E-state index contributed by atoms with van der Waals surface area (Å²) in [6.45, 7) is 4.29. The van der Waals surface area contributed by atoms with Crippen molar-refractivity contribution >= 4 is 27.3 Å². The van der Waals surface area contributed by atoms with Crippen LogP contribution >= 0.6 is 0 Å². The second-order valence-corrected chi connectivity index (χ2v) is 10.3. The van der Waals surface area contributed by atoms with Gasteiger partial charge in [-0.05, 0) is 79.2 Å². The van der Waals surface area contributed by atoms with E-state index in [0.29, 0.717) is 35.8 Å². The molecule has 196 valence electrons. The first-order valence-electron chi connectivity index (χ1n) is 11.9. The molecule has 37 heavy (non-hydrogen) atoms. The van der Waals surface area contributed by atoms with Gasteiger partial charge in [0.15, 0.2) is 6.61 Å². The number of piperazine rings is 1. The fourth-order valence-corrected chi connectivity index (χ4v) is 5.21. The van der Waals surface area contributed by atoms with E-state index in [1.807, 2.05) is 24.3 Å². The zero-order chi connectivity index (χ0) is 26.4. The van der Waals surface area contributed by atoms with Crippen molar-refractivity contribution in [2.45, 2.75) is 11.8 Å². The van der Waals surface area contributed by atoms with Crippen molar-refractivity contribution in [3.05, 3.63) is 72.3 Å². The van der Waals surface area contributed by atoms with Crippen molar-refractivity contribution in [3.63, 3.8) is 0 Å². The van der Waals surface area contributed by atoms with E-state index in [4.69, 9.17) is 14.2 Å². The minimum atomic E-state index is -3.79. The minimum absolute atomic E-state index is 0.105. The largest absolute Gasteiger partial charge is 0.497 e. The molecule has 0 unspecified atom stereocenters. The van der Waals surface area contributed by atoms with E-state index < -0.39 is 10.0 Å². The van der Waals surface area contributed by atoms with Crippen molar-refractivity contribution < 1.29 is 27.4 Å². The average Bonchev–Trinajstić information content (AvgIpc) is 2.92. The summed E-state index contributed by atoms with van der Waals surface area (Å²) in [6.07, 6.45) is 0. The van der Waals surface area contributed by atoms with Crippen LogP contribution in [0.4, 0.5) is 11.4 Å². The minimum Gasteiger partial charge on any atom is -0.497 e. The van der Waals surface area contributed by atoms with Crippen LogP contribution in [-0.4, -0.2) is 66.2 Å². The van der Waals surface area contributed by atoms with Gasteiger partial charge in [0.25, 0.3) is 15.9 Å². The zero-order valence-electron chi connectivity index (χ0n) is 21.1. The molecule has 9 nitrogen and oxygen atoms in total. The van der Waals surface area contributed by atoms with Crippen molar-refractivity contribution in [2.75, 3.05) is 56.6 Å². The van der Waals surface area contributed by atoms with Crippen LogP contribution in [0.2, 0.25) is 0 Å². The van der Waals surface area contributed by atoms with Crippen LogP contribution in [0.5, 0.6) is 17.2 Å². The SMILES string of the molecule is COc1ccc(NS(=O)(=O)c2ccc(OCC(=O)N3CCN(c4ccc(OC)cc4)CC3)c(C)c2)cc1. The van der Waals surface area contributed by atoms with E-state index in [1.165, 1.54) is 12.1 Å². The van der Waals surface area contributed by atoms with Crippen LogP contribution in [0.25, 0.3) is 0 Å². The third-order valence-corrected chi connectivity index (χ3v) is 7.60. The molecule has 3 aromatic carbocycles. The van der Waals surface area contributed by atoms with Gasteiger partial charge in [-0.25, -0.2) is 8.42 Å². The normalized spacial score (nSPS) is 13.7. The zero-order valence-corrected chi connectivity index (χ0v) is 22.0. The molecule has 3 aromatic rings. The topological polar surface area (TPSA) is 97.4 Å². The number of hydrogen-bond acceptors (Lipinski definition) is 7. The summed E-state index contributed by atoms with van der Waals surface area (Å²) < 4.78 is 44.2. The average molecular weight is 526 g/mol. The molecular formula is C27H31N3O6S. The van der Waals surface area contributed by atoms with Crippen molar-refractivity contribution in [1.29, 1.82) is 0 Å². The summed E-state index contributed by atoms with van der Waals surface area (Å²) in [4.78, 5) is 16.9. The highest BCUT2D eigenvalue weighted by molar-refractivity contribution is 7.92. The Morgan fingerprint density at radius 1 is 0.865 bits per heavy atom. The molecule has 0 spiro atoms. The van der Waals surface area contributed by atoms with Gasteiger partial charge in [0.05, 0.1) is 19.1 Å². The first-order valence-corrected chi connectivity index (χ1v) is 13.3. The van der Waals surface area contributed by atoms with Gasteiger partial charge in [-0.15, -0.1) is 0 Å². The number of amides is 1. The van der Waals surface area contributed by atoms with E-state index in [1.54, 1.807) is 56.4 Å². The molecule has 4 rings (SSSR count). The maximum atomic E-state index is 12.8. The number of nitrogens with zero attached hydrogens (tertiary/aromatic N) is 2. The Labute approximate surface area is 217 Å². The highest BCUT2D eigenvalue weighted by Gasteiger charge is 2.22. The summed E-state index contributed by atoms with van der Waals surface area (Å²) in [5.74, 6) is 1.80. The van der Waals surface area contributed by atoms with E-state index in [9.17, 15) is 13.2 Å². The Bertz CT molecular complexity index is 1320. The van der Waals surface area contributed by atoms with E-state index in [2.05, 4.69) is 9.62 Å². The molecule has 0 aromatic heterocycles. The molecule has 10 heteroatoms. The lowest BCUT2D eigenvalue weighted by molar-refractivity contribution is -0.133. The molecule has 0 radical (unpaired) electrons. The molecule has 1 fully saturated rings. The van der Waals surface area contributed by atoms with Gasteiger partial charge in [0.2, 0.25) is 0 Å². The molecule has 1 saturated heterocycles. The lowest BCUT2D eigenvalue weighted by Gasteiger charge is -2.36. The molecule has 1 amide bonds. The van der Waals surface area contributed by atoms with Gasteiger partial charge in [-0.2, -0.15) is 0 Å². The Hall–Kier alpha value is -3.92. The van der Waals surface area contributed by atoms with Gasteiger partial charge >= 0.3 is 0 Å². The Kier molecular flexibility index (Phi) is 8.08. The maximum Gasteiger partial charge on any atom is 0.261 e. The van der Waals surface area contributed by atoms with Crippen LogP contribution in [0.15, 0.2) is 71.6 Å². The van der Waals surface area contributed by atoms with Crippen molar-refractivity contribution in [2.24, 2.45) is 0 Å². The van der Waals surface area contributed by atoms with E-state index in [-0.39, 0.29) is 17.4 Å². The van der Waals surface area contributed by atoms with E-state index >= 15 is 0 Å². The number of methoxy groups -OCH3 is 2. The number of sulfonamides is 1. The fourth-order valence-electron chi connectivity index (χ4n) is 4.06. The first-order chi connectivity index (χ1) is 17.8. The standard InChI is InChI=1S/C27H31N3O6S/c1-20-18-25(37(32,33)28-21-4-8-23(34-2)9-5-21)12-13-26(20)36-19-27(31)30-16-14-29(15-17-30)22-6-10-24(35-3)11-7-22/h4-13,18,28H,14-17,19H2,1-3H3. The molecule has 1 N–H and O–H groups in total. The van der Waals surface area contributed by atoms with Gasteiger partial charge < -0.3 is 24.0 Å². The smallest absolute Gasteiger partial charge is 0.261 e. The van der Waals surface area contributed by atoms with Crippen molar-refractivity contribution in [3.8, 4) is 17.2 Å². The van der Waals surface area contributed by atoms with Crippen LogP contribution in [0.3, 0.4) is 0 Å². The second kappa shape index (κ2) is 11.4. The molecule has 0 bridgehead atoms. The fraction of sp³-hybridized carbons (Fsp3) is 0.296. The Morgan fingerprint density at radius 2 is 1.46 bits per heavy atom. The molecule has 0 atom stereocenters. The molecule has 1 aliphatic heterocycles. The lowest BCUT2D eigenvalue weighted by atomic mass is 10.2. The maximum absolute atomic E-state index is 12.8. The van der Waals surface area contributed by atoms with Gasteiger partial charge in [-0.1, -0.05) is 0 Å². The number of aryl methyl sites for hydroxylation is 1. The number of anilines is 2. The van der Waals surface area contributed by atoms with Gasteiger partial charge in [0.1, 0.15) is 17.2 Å². The Morgan fingerprint density at radius 3 is 2.03 bits per heavy atom. The summed E-state index contributed by atoms with van der Waals surface area (Å²) in [5.41, 5.74) is 2.14. The number of carbonyl (C=O) groups excluding carboxylic acids is 1. The molecule has 1 aliphatic rings. The van der Waals surface area contributed by atoms with Crippen LogP contribution < -0.4 is 23.8 Å². The van der Waals surface area contributed by atoms with Crippen LogP contribution in [-0.2, 0) is 14.8 Å². The number of hydrogen-bond donors (Lipinski definition) is 1. The number of benzene rings is 3. The quantitative estimate of drug-likeness (QED) is 0.456. The summed E-state index contributed by atoms with van der Waals surface area (Å²) in [6, 6.07) is 19.1. The van der Waals surface area contributed by atoms with Gasteiger partial charge in [-0.3, -0.25) is 9.52 Å². The molecule has 0 saturated carbocycles. The molecule has 1 heterocycles. The highest BCUT2D eigenvalue weighted by Crippen LogP contribution is 2.25. The predicted molar refractivity (Wildman–Crippen MR) is 142 cm³/mol. The summed E-state index contributed by atoms with van der Waals surface area (Å²) in [7, 11) is -0.602. The van der Waals surface area contributed by atoms with Crippen LogP contribution in [0, 0.1) is 6.92 Å². The monoisotopic (exact) mass is 525 g/mol. The van der Waals surface area contributed by atoms with E-state index in [0.717, 1.165) is 24.5 Å². The first kappa shape index (κ1) is 26.2. The second-order valence-electron chi connectivity index (χ2n) is 8.62. The van der Waals surface area contributed by atoms with Crippen molar-refractivity contribution in [1.82, 2.24) is 4.90 Å². The highest BCUT2D eigenvalue weighted by atomic mass is 32.2. The Balaban J connectivity index is 1.30. The van der Waals surface area contributed by atoms with Crippen LogP contribution in [0.1, 0.15) is 5.56 Å². The molecule has 0 aliphatic carbocycles. The third-order valence-electron chi connectivity index (χ3n) is 6.22. The summed E-state index contributed by atoms with van der Waals surface area (Å²) in [5, 5.41) is 0. The predicted octanol–water partition coefficient (Wildman–Crippen LogP) is 3.54. The summed E-state index contributed by atoms with van der Waals surface area (Å²) >= 11 is 0. The molecular weight excluding hydrogens is 494 g/mol. The number of rotatable bonds is 9. The third kappa shape index (κ3) is 6.45. The number of carbonyl (C=O) groups is 1. The van der Waals surface area contributed by atoms with Gasteiger partial charge in [0, 0.05) is 37.6 Å². The number of ether oxygens (including phenoxy) is 3. The lowest BCUT2D eigenvalue weighted by Crippen LogP contribution is -2.50.